The normalized spacial score (nSPS) is 21.4. The second-order valence-electron chi connectivity index (χ2n) is 6.28. The highest BCUT2D eigenvalue weighted by molar-refractivity contribution is 5.78. The van der Waals surface area contributed by atoms with Gasteiger partial charge < -0.3 is 20.4 Å². The van der Waals surface area contributed by atoms with Gasteiger partial charge in [0.25, 0.3) is 0 Å². The smallest absolute Gasteiger partial charge is 0.319 e. The van der Waals surface area contributed by atoms with Crippen LogP contribution in [0.25, 0.3) is 0 Å². The molecule has 2 N–H and O–H groups in total. The van der Waals surface area contributed by atoms with Gasteiger partial charge in [0.05, 0.1) is 0 Å². The van der Waals surface area contributed by atoms with Crippen molar-refractivity contribution in [3.8, 4) is 0 Å². The second kappa shape index (κ2) is 5.99. The van der Waals surface area contributed by atoms with Crippen molar-refractivity contribution in [1.82, 2.24) is 14.7 Å². The number of piperazine rings is 1. The molecule has 6 nitrogen and oxygen atoms in total. The van der Waals surface area contributed by atoms with E-state index in [0.717, 1.165) is 12.8 Å². The standard InChI is InChI=1S/C14H26N4O2/c1-16(2)13(20)18-8-6-17(7-9-18)12(19)10-14(11-15)4-3-5-14/h3-11,15H2,1-2H3. The average Bonchev–Trinajstić information content (AvgIpc) is 2.42. The summed E-state index contributed by atoms with van der Waals surface area (Å²) in [6.07, 6.45) is 3.92. The van der Waals surface area contributed by atoms with Gasteiger partial charge in [0.2, 0.25) is 5.91 Å². The van der Waals surface area contributed by atoms with Crippen LogP contribution in [0.1, 0.15) is 25.7 Å². The number of hydrogen-bond acceptors (Lipinski definition) is 3. The van der Waals surface area contributed by atoms with Gasteiger partial charge in [0, 0.05) is 46.7 Å². The molecule has 1 saturated carbocycles. The van der Waals surface area contributed by atoms with Crippen molar-refractivity contribution < 1.29 is 9.59 Å². The Labute approximate surface area is 120 Å². The van der Waals surface area contributed by atoms with E-state index in [4.69, 9.17) is 5.73 Å². The van der Waals surface area contributed by atoms with Crippen LogP contribution in [0.15, 0.2) is 0 Å². The number of urea groups is 1. The lowest BCUT2D eigenvalue weighted by Gasteiger charge is -2.43. The van der Waals surface area contributed by atoms with Gasteiger partial charge in [0.1, 0.15) is 0 Å². The molecule has 0 atom stereocenters. The molecule has 2 aliphatic rings. The Morgan fingerprint density at radius 2 is 1.65 bits per heavy atom. The molecule has 1 heterocycles. The zero-order valence-corrected chi connectivity index (χ0v) is 12.6. The van der Waals surface area contributed by atoms with Gasteiger partial charge >= 0.3 is 6.03 Å². The molecular weight excluding hydrogens is 256 g/mol. The number of carbonyl (C=O) groups excluding carboxylic acids is 2. The number of carbonyl (C=O) groups is 2. The first-order valence-corrected chi connectivity index (χ1v) is 7.41. The van der Waals surface area contributed by atoms with E-state index in [9.17, 15) is 9.59 Å². The summed E-state index contributed by atoms with van der Waals surface area (Å²) in [4.78, 5) is 29.4. The fourth-order valence-electron chi connectivity index (χ4n) is 2.99. The Bertz CT molecular complexity index is 366. The van der Waals surface area contributed by atoms with E-state index in [1.807, 2.05) is 4.90 Å². The maximum Gasteiger partial charge on any atom is 0.319 e. The first-order chi connectivity index (χ1) is 9.47. The molecule has 0 aromatic rings. The van der Waals surface area contributed by atoms with Crippen molar-refractivity contribution in [2.24, 2.45) is 11.1 Å². The Morgan fingerprint density at radius 1 is 1.10 bits per heavy atom. The summed E-state index contributed by atoms with van der Waals surface area (Å²) in [7, 11) is 3.50. The number of nitrogens with zero attached hydrogens (tertiary/aromatic N) is 3. The first-order valence-electron chi connectivity index (χ1n) is 7.41. The van der Waals surface area contributed by atoms with Gasteiger partial charge in [-0.1, -0.05) is 6.42 Å². The Balaban J connectivity index is 1.81. The molecule has 3 amide bonds. The molecule has 6 heteroatoms. The summed E-state index contributed by atoms with van der Waals surface area (Å²) < 4.78 is 0. The predicted octanol–water partition coefficient (Wildman–Crippen LogP) is 0.331. The van der Waals surface area contributed by atoms with Crippen LogP contribution in [-0.4, -0.2) is 73.5 Å². The van der Waals surface area contributed by atoms with E-state index in [2.05, 4.69) is 0 Å². The molecule has 0 bridgehead atoms. The van der Waals surface area contributed by atoms with Gasteiger partial charge in [-0.2, -0.15) is 0 Å². The number of nitrogens with two attached hydrogens (primary N) is 1. The zero-order valence-electron chi connectivity index (χ0n) is 12.6. The van der Waals surface area contributed by atoms with Gasteiger partial charge in [0.15, 0.2) is 0 Å². The molecule has 1 saturated heterocycles. The molecule has 0 aromatic carbocycles. The summed E-state index contributed by atoms with van der Waals surface area (Å²) >= 11 is 0. The van der Waals surface area contributed by atoms with E-state index in [1.54, 1.807) is 23.9 Å². The summed E-state index contributed by atoms with van der Waals surface area (Å²) in [5.74, 6) is 0.201. The summed E-state index contributed by atoms with van der Waals surface area (Å²) in [6, 6.07) is 0.0227. The Kier molecular flexibility index (Phi) is 4.52. The molecule has 0 aromatic heterocycles. The van der Waals surface area contributed by atoms with E-state index in [0.29, 0.717) is 39.1 Å². The van der Waals surface area contributed by atoms with Crippen molar-refractivity contribution >= 4 is 11.9 Å². The molecule has 1 aliphatic carbocycles. The monoisotopic (exact) mass is 282 g/mol. The minimum atomic E-state index is 0.0227. The summed E-state index contributed by atoms with van der Waals surface area (Å²) in [5, 5.41) is 0. The summed E-state index contributed by atoms with van der Waals surface area (Å²) in [5.41, 5.74) is 5.88. The van der Waals surface area contributed by atoms with E-state index in [-0.39, 0.29) is 17.4 Å². The molecule has 2 fully saturated rings. The van der Waals surface area contributed by atoms with Gasteiger partial charge in [-0.3, -0.25) is 4.79 Å². The Hall–Kier alpha value is -1.30. The third-order valence-corrected chi connectivity index (χ3v) is 4.66. The quantitative estimate of drug-likeness (QED) is 0.811. The molecule has 0 unspecified atom stereocenters. The van der Waals surface area contributed by atoms with Crippen molar-refractivity contribution in [2.45, 2.75) is 25.7 Å². The average molecular weight is 282 g/mol. The maximum absolute atomic E-state index is 12.3. The second-order valence-corrected chi connectivity index (χ2v) is 6.28. The van der Waals surface area contributed by atoms with Crippen LogP contribution in [0.5, 0.6) is 0 Å². The number of amides is 3. The molecule has 0 spiro atoms. The van der Waals surface area contributed by atoms with E-state index < -0.39 is 0 Å². The van der Waals surface area contributed by atoms with Gasteiger partial charge in [-0.25, -0.2) is 4.79 Å². The van der Waals surface area contributed by atoms with Crippen LogP contribution in [0.4, 0.5) is 4.79 Å². The number of rotatable bonds is 3. The third kappa shape index (κ3) is 3.06. The SMILES string of the molecule is CN(C)C(=O)N1CCN(C(=O)CC2(CN)CCC2)CC1. The lowest BCUT2D eigenvalue weighted by atomic mass is 9.66. The third-order valence-electron chi connectivity index (χ3n) is 4.66. The highest BCUT2D eigenvalue weighted by Crippen LogP contribution is 2.43. The number of hydrogen-bond donors (Lipinski definition) is 1. The lowest BCUT2D eigenvalue weighted by Crippen LogP contribution is -2.54. The van der Waals surface area contributed by atoms with Crippen molar-refractivity contribution in [3.05, 3.63) is 0 Å². The predicted molar refractivity (Wildman–Crippen MR) is 77.2 cm³/mol. The van der Waals surface area contributed by atoms with Crippen LogP contribution < -0.4 is 5.73 Å². The largest absolute Gasteiger partial charge is 0.339 e. The van der Waals surface area contributed by atoms with E-state index in [1.165, 1.54) is 6.42 Å². The van der Waals surface area contributed by atoms with Crippen molar-refractivity contribution in [2.75, 3.05) is 46.8 Å². The van der Waals surface area contributed by atoms with Crippen molar-refractivity contribution in [1.29, 1.82) is 0 Å². The highest BCUT2D eigenvalue weighted by atomic mass is 16.2. The summed E-state index contributed by atoms with van der Waals surface area (Å²) in [6.45, 7) is 3.13. The first kappa shape index (κ1) is 15.1. The minimum Gasteiger partial charge on any atom is -0.339 e. The zero-order chi connectivity index (χ0) is 14.8. The van der Waals surface area contributed by atoms with Crippen LogP contribution in [0.2, 0.25) is 0 Å². The van der Waals surface area contributed by atoms with Crippen LogP contribution in [0, 0.1) is 5.41 Å². The fraction of sp³-hybridized carbons (Fsp3) is 0.857. The molecule has 2 rings (SSSR count). The minimum absolute atomic E-state index is 0.0227. The van der Waals surface area contributed by atoms with Gasteiger partial charge in [-0.15, -0.1) is 0 Å². The fourth-order valence-corrected chi connectivity index (χ4v) is 2.99. The van der Waals surface area contributed by atoms with Crippen LogP contribution in [-0.2, 0) is 4.79 Å². The molecule has 20 heavy (non-hydrogen) atoms. The highest BCUT2D eigenvalue weighted by Gasteiger charge is 2.39. The lowest BCUT2D eigenvalue weighted by molar-refractivity contribution is -0.136. The Morgan fingerprint density at radius 3 is 2.05 bits per heavy atom. The molecular formula is C14H26N4O2. The van der Waals surface area contributed by atoms with Crippen molar-refractivity contribution in [3.63, 3.8) is 0 Å². The van der Waals surface area contributed by atoms with Gasteiger partial charge in [-0.05, 0) is 24.8 Å². The molecule has 1 aliphatic heterocycles. The van der Waals surface area contributed by atoms with Crippen LogP contribution >= 0.6 is 0 Å². The maximum atomic E-state index is 12.3. The van der Waals surface area contributed by atoms with Crippen LogP contribution in [0.3, 0.4) is 0 Å². The topological polar surface area (TPSA) is 69.9 Å². The molecule has 0 radical (unpaired) electrons. The molecule has 114 valence electrons. The van der Waals surface area contributed by atoms with E-state index >= 15 is 0 Å².